The van der Waals surface area contributed by atoms with Crippen molar-refractivity contribution in [2.75, 3.05) is 34.9 Å². The van der Waals surface area contributed by atoms with Gasteiger partial charge in [0.05, 0.1) is 12.1 Å². The molecule has 1 aliphatic heterocycles. The number of benzene rings is 1. The maximum atomic E-state index is 14.3. The third-order valence-corrected chi connectivity index (χ3v) is 14.3. The zero-order valence-corrected chi connectivity index (χ0v) is 36.4. The van der Waals surface area contributed by atoms with E-state index in [9.17, 15) is 29.1 Å². The summed E-state index contributed by atoms with van der Waals surface area (Å²) in [5, 5.41) is 16.2. The van der Waals surface area contributed by atoms with E-state index in [0.717, 1.165) is 6.42 Å². The summed E-state index contributed by atoms with van der Waals surface area (Å²) < 4.78 is 16.5. The molecule has 0 unspecified atom stereocenters. The minimum atomic E-state index is -1.24. The molecule has 1 aliphatic rings. The number of nitrogens with one attached hydrogen (secondary N) is 2. The number of ether oxygens (including phenoxy) is 3. The first-order valence-electron chi connectivity index (χ1n) is 19.1. The third-order valence-electron chi connectivity index (χ3n) is 10.4. The summed E-state index contributed by atoms with van der Waals surface area (Å²) in [6.45, 7) is 15.5. The molecule has 311 valence electrons. The molecule has 54 heavy (non-hydrogen) atoms. The fourth-order valence-corrected chi connectivity index (χ4v) is 10.3. The Kier molecular flexibility index (Phi) is 19.9. The number of carbonyl (C=O) groups is 5. The van der Waals surface area contributed by atoms with Gasteiger partial charge >= 0.3 is 263 Å². The molecule has 1 aromatic rings. The van der Waals surface area contributed by atoms with Crippen LogP contribution >= 0.6 is 0 Å². The number of hydrogen-bond acceptors (Lipinski definition) is 9. The summed E-state index contributed by atoms with van der Waals surface area (Å²) >= 11 is -1.24. The van der Waals surface area contributed by atoms with Gasteiger partial charge in [0.15, 0.2) is 0 Å². The van der Waals surface area contributed by atoms with E-state index in [2.05, 4.69) is 10.6 Å². The van der Waals surface area contributed by atoms with Gasteiger partial charge in [-0.15, -0.1) is 0 Å². The Labute approximate surface area is 332 Å². The molecule has 1 aromatic carbocycles. The van der Waals surface area contributed by atoms with Gasteiger partial charge in [-0.25, -0.2) is 0 Å². The maximum absolute atomic E-state index is 14.3. The van der Waals surface area contributed by atoms with E-state index in [1.54, 1.807) is 58.8 Å². The number of aliphatic hydroxyl groups excluding tert-OH is 1. The fraction of sp³-hybridized carbons (Fsp3) is 0.725. The Morgan fingerprint density at radius 1 is 0.981 bits per heavy atom. The van der Waals surface area contributed by atoms with Crippen LogP contribution in [-0.2, 0) is 53.1 Å². The molecule has 13 nitrogen and oxygen atoms in total. The first-order valence-corrected chi connectivity index (χ1v) is 21.4. The van der Waals surface area contributed by atoms with Gasteiger partial charge in [0.2, 0.25) is 0 Å². The number of likely N-dealkylation sites (N-methyl/N-ethyl adjacent to an activating group) is 1. The molecule has 0 aliphatic carbocycles. The number of nitrogens with zero attached hydrogens (tertiary/aromatic N) is 2. The summed E-state index contributed by atoms with van der Waals surface area (Å²) in [6.07, 6.45) is -1.66. The second-order valence-corrected chi connectivity index (χ2v) is 18.1. The Morgan fingerprint density at radius 2 is 1.61 bits per heavy atom. The molecule has 2 rings (SSSR count). The van der Waals surface area contributed by atoms with Gasteiger partial charge in [-0.1, -0.05) is 30.3 Å². The van der Waals surface area contributed by atoms with Crippen molar-refractivity contribution in [1.82, 2.24) is 20.4 Å². The predicted octanol–water partition coefficient (Wildman–Crippen LogP) is 4.58. The zero-order chi connectivity index (χ0) is 40.9. The summed E-state index contributed by atoms with van der Waals surface area (Å²) in [6, 6.07) is 7.76. The molecular weight excluding hydrogens is 877 g/mol. The van der Waals surface area contributed by atoms with Crippen LogP contribution in [0.5, 0.6) is 0 Å². The van der Waals surface area contributed by atoms with Crippen molar-refractivity contribution in [2.45, 2.75) is 128 Å². The molecule has 1 saturated heterocycles. The normalized spacial score (nSPS) is 19.6. The molecular formula is C40H66AuN4O9. The molecule has 1 heterocycles. The van der Waals surface area contributed by atoms with E-state index < -0.39 is 72.4 Å². The van der Waals surface area contributed by atoms with Crippen molar-refractivity contribution in [3.8, 4) is 0 Å². The molecule has 0 radical (unpaired) electrons. The topological polar surface area (TPSA) is 164 Å². The summed E-state index contributed by atoms with van der Waals surface area (Å²) in [5.41, 5.74) is 0.700. The van der Waals surface area contributed by atoms with E-state index in [1.165, 1.54) is 7.05 Å². The van der Waals surface area contributed by atoms with Gasteiger partial charge < -0.3 is 10.4 Å². The Morgan fingerprint density at radius 3 is 2.13 bits per heavy atom. The van der Waals surface area contributed by atoms with Crippen LogP contribution in [0.2, 0.25) is 4.14 Å². The average Bonchev–Trinajstić information content (AvgIpc) is 3.64. The first kappa shape index (κ1) is 47.3. The average molecular weight is 944 g/mol. The van der Waals surface area contributed by atoms with Crippen molar-refractivity contribution in [2.24, 2.45) is 23.7 Å². The molecule has 1 fully saturated rings. The van der Waals surface area contributed by atoms with Gasteiger partial charge in [0, 0.05) is 0 Å². The van der Waals surface area contributed by atoms with Crippen molar-refractivity contribution in [1.29, 1.82) is 0 Å². The third kappa shape index (κ3) is 12.6. The summed E-state index contributed by atoms with van der Waals surface area (Å²) in [5.74, 6) is -1.72. The SMILES string of the molecule is CC[C@H](C)[C@@H]([C@@H](CC(=O)N1CCC[C@H]1[C@H](OC)[C@@H](C)C(=O)N[C@H](C)[C@@H](O)c1ccccc1)OC)N(C)C(=O)[C@@H]([Au][C](=O)[C@@H](OC(=O)NC)C(C)C)C(C)C. The fourth-order valence-electron chi connectivity index (χ4n) is 7.01. The van der Waals surface area contributed by atoms with E-state index in [4.69, 9.17) is 14.2 Å². The van der Waals surface area contributed by atoms with Gasteiger partial charge in [0.25, 0.3) is 0 Å². The van der Waals surface area contributed by atoms with Gasteiger partial charge in [-0.05, 0) is 12.5 Å². The Hall–Kier alpha value is -2.81. The van der Waals surface area contributed by atoms with Crippen molar-refractivity contribution < 1.29 is 63.0 Å². The second-order valence-electron chi connectivity index (χ2n) is 15.0. The first-order chi connectivity index (χ1) is 25.4. The number of alkyl carbamates (subject to hydrolysis) is 1. The van der Waals surface area contributed by atoms with Crippen LogP contribution in [0.3, 0.4) is 0 Å². The number of likely N-dealkylation sites (tertiary alicyclic amines) is 1. The molecule has 14 heteroatoms. The van der Waals surface area contributed by atoms with Crippen molar-refractivity contribution in [3.05, 3.63) is 35.9 Å². The van der Waals surface area contributed by atoms with Crippen LogP contribution in [0, 0.1) is 23.7 Å². The van der Waals surface area contributed by atoms with Crippen LogP contribution in [-0.4, -0.2) is 114 Å². The van der Waals surface area contributed by atoms with Crippen LogP contribution in [0.25, 0.3) is 0 Å². The monoisotopic (exact) mass is 943 g/mol. The van der Waals surface area contributed by atoms with Crippen molar-refractivity contribution >= 4 is 27.8 Å². The number of rotatable bonds is 21. The van der Waals surface area contributed by atoms with Gasteiger partial charge in [0.1, 0.15) is 0 Å². The number of hydrogen-bond donors (Lipinski definition) is 3. The molecule has 0 bridgehead atoms. The standard InChI is InChI=1S/C33H54N3O6.C7H12NO3.Au/c1-10-22(4)30(35(7)28(37)19-21(2)3)27(41-8)20-29(38)36-18-14-17-26(36)32(42-9)23(5)33(40)34-24(6)31(39)25-15-12-11-13-16-25;1-5(2)6(4-9)11-7(10)8-3;/h11-13,15-16,19,21-24,26-27,30-32,39H,10,14,17-18,20H2,1-9H3,(H,34,40);5-6H,1-3H3,(H,8,10);/t22-,23+,24+,26-,27+,30-,31+,32+;6-;/m01./s1. The minimum absolute atomic E-state index is 0.00556. The molecule has 0 aromatic heterocycles. The van der Waals surface area contributed by atoms with Crippen molar-refractivity contribution in [3.63, 3.8) is 0 Å². The summed E-state index contributed by atoms with van der Waals surface area (Å²) in [7, 11) is 6.23. The zero-order valence-electron chi connectivity index (χ0n) is 34.3. The van der Waals surface area contributed by atoms with Gasteiger partial charge in [-0.3, -0.25) is 4.79 Å². The van der Waals surface area contributed by atoms with Gasteiger partial charge in [-0.2, -0.15) is 0 Å². The van der Waals surface area contributed by atoms with E-state index in [1.807, 2.05) is 58.0 Å². The molecule has 0 saturated carbocycles. The Balaban J connectivity index is 2.26. The molecule has 10 atom stereocenters. The van der Waals surface area contributed by atoms with E-state index in [0.29, 0.717) is 24.9 Å². The van der Waals surface area contributed by atoms with E-state index >= 15 is 0 Å². The number of amides is 4. The van der Waals surface area contributed by atoms with Crippen LogP contribution < -0.4 is 10.6 Å². The Bertz CT molecular complexity index is 1370. The molecule has 0 spiro atoms. The number of methoxy groups -OCH3 is 2. The quantitative estimate of drug-likeness (QED) is 0.150. The number of carbonyl (C=O) groups excluding carboxylic acids is 5. The predicted molar refractivity (Wildman–Crippen MR) is 203 cm³/mol. The number of aliphatic hydroxyl groups is 1. The van der Waals surface area contributed by atoms with Crippen LogP contribution in [0.4, 0.5) is 4.79 Å². The van der Waals surface area contributed by atoms with Crippen LogP contribution in [0.1, 0.15) is 92.7 Å². The second kappa shape index (κ2) is 22.7. The van der Waals surface area contributed by atoms with E-state index in [-0.39, 0.29) is 51.9 Å². The molecule has 4 amide bonds. The molecule has 3 N–H and O–H groups in total. The summed E-state index contributed by atoms with van der Waals surface area (Å²) in [4.78, 5) is 70.9. The van der Waals surface area contributed by atoms with Crippen LogP contribution in [0.15, 0.2) is 30.3 Å².